The minimum Gasteiger partial charge on any atom is -0.496 e. The van der Waals surface area contributed by atoms with Crippen molar-refractivity contribution in [2.24, 2.45) is 5.41 Å². The molecule has 3 rings (SSSR count). The van der Waals surface area contributed by atoms with Crippen molar-refractivity contribution < 1.29 is 9.84 Å². The normalized spacial score (nSPS) is 19.1. The van der Waals surface area contributed by atoms with Gasteiger partial charge >= 0.3 is 0 Å². The van der Waals surface area contributed by atoms with Crippen LogP contribution in [0.5, 0.6) is 5.75 Å². The highest BCUT2D eigenvalue weighted by Gasteiger charge is 2.37. The fourth-order valence-electron chi connectivity index (χ4n) is 3.54. The van der Waals surface area contributed by atoms with E-state index in [1.54, 1.807) is 7.11 Å². The van der Waals surface area contributed by atoms with Crippen LogP contribution in [0, 0.1) is 5.41 Å². The summed E-state index contributed by atoms with van der Waals surface area (Å²) in [6.45, 7) is 2.21. The molecule has 1 N–H and O–H groups in total. The quantitative estimate of drug-likeness (QED) is 0.892. The van der Waals surface area contributed by atoms with E-state index in [0.29, 0.717) is 0 Å². The van der Waals surface area contributed by atoms with Gasteiger partial charge in [0.05, 0.1) is 13.2 Å². The molecule has 0 aromatic heterocycles. The lowest BCUT2D eigenvalue weighted by Crippen LogP contribution is -2.22. The molecule has 1 fully saturated rings. The molecule has 0 bridgehead atoms. The summed E-state index contributed by atoms with van der Waals surface area (Å²) < 4.78 is 5.43. The van der Waals surface area contributed by atoms with E-state index in [1.807, 2.05) is 24.3 Å². The van der Waals surface area contributed by atoms with Crippen molar-refractivity contribution >= 4 is 10.8 Å². The Labute approximate surface area is 120 Å². The third-order valence-electron chi connectivity index (χ3n) is 4.84. The molecule has 2 aromatic rings. The highest BCUT2D eigenvalue weighted by molar-refractivity contribution is 5.91. The predicted octanol–water partition coefficient (Wildman–Crippen LogP) is 4.46. The summed E-state index contributed by atoms with van der Waals surface area (Å²) in [6.07, 6.45) is 4.26. The van der Waals surface area contributed by atoms with Crippen molar-refractivity contribution in [3.63, 3.8) is 0 Å². The van der Waals surface area contributed by atoms with E-state index >= 15 is 0 Å². The summed E-state index contributed by atoms with van der Waals surface area (Å²) in [6, 6.07) is 12.2. The standard InChI is InChI=1S/C18H22O2/c1-18(11-5-6-12-18)17(19)15-9-10-16(20-2)14-8-4-3-7-13(14)15/h3-4,7-10,17,19H,5-6,11-12H2,1-2H3. The second-order valence-electron chi connectivity index (χ2n) is 6.17. The maximum atomic E-state index is 10.9. The first kappa shape index (κ1) is 13.4. The first-order valence-electron chi connectivity index (χ1n) is 7.39. The van der Waals surface area contributed by atoms with Crippen LogP contribution in [0.15, 0.2) is 36.4 Å². The fraction of sp³-hybridized carbons (Fsp3) is 0.444. The zero-order valence-electron chi connectivity index (χ0n) is 12.2. The van der Waals surface area contributed by atoms with Gasteiger partial charge in [0.25, 0.3) is 0 Å². The molecule has 0 radical (unpaired) electrons. The van der Waals surface area contributed by atoms with Crippen LogP contribution in [-0.4, -0.2) is 12.2 Å². The Bertz CT molecular complexity index is 612. The van der Waals surface area contributed by atoms with Crippen LogP contribution in [0.25, 0.3) is 10.8 Å². The minimum atomic E-state index is -0.402. The Morgan fingerprint density at radius 2 is 1.70 bits per heavy atom. The van der Waals surface area contributed by atoms with Gasteiger partial charge in [-0.25, -0.2) is 0 Å². The number of rotatable bonds is 3. The lowest BCUT2D eigenvalue weighted by molar-refractivity contribution is 0.0420. The Kier molecular flexibility index (Phi) is 3.43. The molecule has 0 spiro atoms. The highest BCUT2D eigenvalue weighted by Crippen LogP contribution is 2.48. The van der Waals surface area contributed by atoms with E-state index in [9.17, 15) is 5.11 Å². The number of benzene rings is 2. The van der Waals surface area contributed by atoms with Gasteiger partial charge in [-0.05, 0) is 35.3 Å². The van der Waals surface area contributed by atoms with Gasteiger partial charge in [0.15, 0.2) is 0 Å². The zero-order chi connectivity index (χ0) is 14.2. The molecule has 106 valence electrons. The van der Waals surface area contributed by atoms with Crippen LogP contribution in [-0.2, 0) is 0 Å². The van der Waals surface area contributed by atoms with Crippen molar-refractivity contribution in [3.8, 4) is 5.75 Å². The lowest BCUT2D eigenvalue weighted by Gasteiger charge is -2.31. The molecular formula is C18H22O2. The van der Waals surface area contributed by atoms with Crippen LogP contribution >= 0.6 is 0 Å². The van der Waals surface area contributed by atoms with Gasteiger partial charge in [0.1, 0.15) is 5.75 Å². The molecule has 0 saturated heterocycles. The molecule has 0 heterocycles. The Balaban J connectivity index is 2.12. The molecule has 1 saturated carbocycles. The molecule has 2 nitrogen and oxygen atoms in total. The fourth-order valence-corrected chi connectivity index (χ4v) is 3.54. The summed E-state index contributed by atoms with van der Waals surface area (Å²) in [5.41, 5.74) is 1.04. The maximum absolute atomic E-state index is 10.9. The first-order valence-corrected chi connectivity index (χ1v) is 7.39. The van der Waals surface area contributed by atoms with Crippen molar-refractivity contribution in [1.29, 1.82) is 0 Å². The average molecular weight is 270 g/mol. The number of hydrogen-bond acceptors (Lipinski definition) is 2. The molecule has 0 aliphatic heterocycles. The monoisotopic (exact) mass is 270 g/mol. The van der Waals surface area contributed by atoms with E-state index in [2.05, 4.69) is 19.1 Å². The highest BCUT2D eigenvalue weighted by atomic mass is 16.5. The number of methoxy groups -OCH3 is 1. The van der Waals surface area contributed by atoms with Crippen LogP contribution in [0.4, 0.5) is 0 Å². The first-order chi connectivity index (χ1) is 9.65. The number of ether oxygens (including phenoxy) is 1. The Hall–Kier alpha value is -1.54. The van der Waals surface area contributed by atoms with Crippen molar-refractivity contribution in [3.05, 3.63) is 42.0 Å². The number of fused-ring (bicyclic) bond motifs is 1. The van der Waals surface area contributed by atoms with Gasteiger partial charge in [0, 0.05) is 5.39 Å². The lowest BCUT2D eigenvalue weighted by atomic mass is 9.78. The van der Waals surface area contributed by atoms with E-state index in [4.69, 9.17) is 4.74 Å². The van der Waals surface area contributed by atoms with Gasteiger partial charge in [-0.15, -0.1) is 0 Å². The molecule has 1 aliphatic carbocycles. The van der Waals surface area contributed by atoms with Gasteiger partial charge in [-0.3, -0.25) is 0 Å². The number of aliphatic hydroxyl groups is 1. The minimum absolute atomic E-state index is 0.0113. The SMILES string of the molecule is COc1ccc(C(O)C2(C)CCCC2)c2ccccc12. The number of hydrogen-bond donors (Lipinski definition) is 1. The maximum Gasteiger partial charge on any atom is 0.126 e. The summed E-state index contributed by atoms with van der Waals surface area (Å²) in [5, 5.41) is 13.1. The molecule has 0 amide bonds. The van der Waals surface area contributed by atoms with Crippen LogP contribution in [0.2, 0.25) is 0 Å². The van der Waals surface area contributed by atoms with Crippen molar-refractivity contribution in [2.45, 2.75) is 38.7 Å². The predicted molar refractivity (Wildman–Crippen MR) is 82.0 cm³/mol. The summed E-state index contributed by atoms with van der Waals surface area (Å²) in [7, 11) is 1.69. The second-order valence-corrected chi connectivity index (χ2v) is 6.17. The van der Waals surface area contributed by atoms with Gasteiger partial charge < -0.3 is 9.84 Å². The molecule has 20 heavy (non-hydrogen) atoms. The Morgan fingerprint density at radius 1 is 1.05 bits per heavy atom. The average Bonchev–Trinajstić information content (AvgIpc) is 2.93. The van der Waals surface area contributed by atoms with E-state index in [0.717, 1.165) is 34.9 Å². The third-order valence-corrected chi connectivity index (χ3v) is 4.84. The van der Waals surface area contributed by atoms with Crippen LogP contribution in [0.3, 0.4) is 0 Å². The van der Waals surface area contributed by atoms with Crippen LogP contribution in [0.1, 0.15) is 44.3 Å². The zero-order valence-corrected chi connectivity index (χ0v) is 12.2. The van der Waals surface area contributed by atoms with E-state index < -0.39 is 6.10 Å². The van der Waals surface area contributed by atoms with Gasteiger partial charge in [-0.1, -0.05) is 50.1 Å². The van der Waals surface area contributed by atoms with E-state index in [-0.39, 0.29) is 5.41 Å². The number of aliphatic hydroxyl groups excluding tert-OH is 1. The molecule has 2 aromatic carbocycles. The summed E-state index contributed by atoms with van der Waals surface area (Å²) in [4.78, 5) is 0. The largest absolute Gasteiger partial charge is 0.496 e. The Morgan fingerprint density at radius 3 is 2.35 bits per heavy atom. The van der Waals surface area contributed by atoms with Crippen LogP contribution < -0.4 is 4.74 Å². The van der Waals surface area contributed by atoms with Crippen molar-refractivity contribution in [2.75, 3.05) is 7.11 Å². The molecule has 1 aliphatic rings. The summed E-state index contributed by atoms with van der Waals surface area (Å²) in [5.74, 6) is 0.869. The third kappa shape index (κ3) is 2.08. The van der Waals surface area contributed by atoms with Gasteiger partial charge in [-0.2, -0.15) is 0 Å². The summed E-state index contributed by atoms with van der Waals surface area (Å²) >= 11 is 0. The topological polar surface area (TPSA) is 29.5 Å². The van der Waals surface area contributed by atoms with Gasteiger partial charge in [0.2, 0.25) is 0 Å². The molecule has 2 heteroatoms. The molecule has 1 unspecified atom stereocenters. The second kappa shape index (κ2) is 5.10. The smallest absolute Gasteiger partial charge is 0.126 e. The van der Waals surface area contributed by atoms with E-state index in [1.165, 1.54) is 12.8 Å². The molecular weight excluding hydrogens is 248 g/mol. The molecule has 1 atom stereocenters. The van der Waals surface area contributed by atoms with Crippen molar-refractivity contribution in [1.82, 2.24) is 0 Å².